The Kier molecular flexibility index (Phi) is 5.62. The van der Waals surface area contributed by atoms with Gasteiger partial charge in [-0.1, -0.05) is 25.5 Å². The zero-order valence-corrected chi connectivity index (χ0v) is 14.6. The maximum Gasteiger partial charge on any atom is 0.234 e. The molecule has 1 aromatic heterocycles. The van der Waals surface area contributed by atoms with Crippen molar-refractivity contribution in [2.24, 2.45) is 0 Å². The van der Waals surface area contributed by atoms with Crippen molar-refractivity contribution >= 4 is 27.5 Å². The summed E-state index contributed by atoms with van der Waals surface area (Å²) in [6, 6.07) is 8.33. The van der Waals surface area contributed by atoms with E-state index in [-0.39, 0.29) is 5.91 Å². The van der Waals surface area contributed by atoms with Crippen molar-refractivity contribution in [3.05, 3.63) is 29.3 Å². The second kappa shape index (κ2) is 7.88. The van der Waals surface area contributed by atoms with Crippen molar-refractivity contribution < 1.29 is 4.79 Å². The Hall–Kier alpha value is -1.46. The minimum absolute atomic E-state index is 0.156. The number of para-hydroxylation sites is 1. The fourth-order valence-corrected chi connectivity index (χ4v) is 4.22. The SMILES string of the molecule is CCCCNC(=O)CN1CCC[C@@H](c2nc3ccccc3s2)C1. The van der Waals surface area contributed by atoms with Gasteiger partial charge in [-0.15, -0.1) is 11.3 Å². The van der Waals surface area contributed by atoms with Crippen LogP contribution in [0.1, 0.15) is 43.5 Å². The molecule has 5 heteroatoms. The molecule has 0 bridgehead atoms. The van der Waals surface area contributed by atoms with Crippen LogP contribution in [0.15, 0.2) is 24.3 Å². The number of amides is 1. The van der Waals surface area contributed by atoms with Crippen molar-refractivity contribution in [3.63, 3.8) is 0 Å². The first-order valence-electron chi connectivity index (χ1n) is 8.61. The molecular formula is C18H25N3OS. The lowest BCUT2D eigenvalue weighted by Crippen LogP contribution is -2.42. The number of likely N-dealkylation sites (tertiary alicyclic amines) is 1. The number of aromatic nitrogens is 1. The zero-order chi connectivity index (χ0) is 16.1. The number of benzene rings is 1. The Morgan fingerprint density at radius 2 is 2.30 bits per heavy atom. The van der Waals surface area contributed by atoms with Gasteiger partial charge >= 0.3 is 0 Å². The van der Waals surface area contributed by atoms with E-state index in [4.69, 9.17) is 4.98 Å². The summed E-state index contributed by atoms with van der Waals surface area (Å²) in [6.07, 6.45) is 4.49. The first-order valence-corrected chi connectivity index (χ1v) is 9.42. The largest absolute Gasteiger partial charge is 0.355 e. The Labute approximate surface area is 141 Å². The number of nitrogens with one attached hydrogen (secondary N) is 1. The first-order chi connectivity index (χ1) is 11.3. The van der Waals surface area contributed by atoms with Crippen LogP contribution in [0.25, 0.3) is 10.2 Å². The van der Waals surface area contributed by atoms with Crippen molar-refractivity contribution in [2.45, 2.75) is 38.5 Å². The summed E-state index contributed by atoms with van der Waals surface area (Å²) in [5.41, 5.74) is 1.10. The van der Waals surface area contributed by atoms with Gasteiger partial charge in [0.2, 0.25) is 5.91 Å². The summed E-state index contributed by atoms with van der Waals surface area (Å²) in [6.45, 7) is 5.42. The van der Waals surface area contributed by atoms with Crippen molar-refractivity contribution in [1.29, 1.82) is 0 Å². The van der Waals surface area contributed by atoms with Crippen LogP contribution in [-0.4, -0.2) is 42.0 Å². The van der Waals surface area contributed by atoms with Crippen LogP contribution in [0.5, 0.6) is 0 Å². The smallest absolute Gasteiger partial charge is 0.234 e. The minimum atomic E-state index is 0.156. The third-order valence-corrected chi connectivity index (χ3v) is 5.58. The molecule has 1 atom stereocenters. The minimum Gasteiger partial charge on any atom is -0.355 e. The molecule has 0 aliphatic carbocycles. The molecule has 1 saturated heterocycles. The number of hydrogen-bond donors (Lipinski definition) is 1. The molecule has 124 valence electrons. The third kappa shape index (κ3) is 4.30. The molecule has 2 heterocycles. The van der Waals surface area contributed by atoms with E-state index in [0.29, 0.717) is 12.5 Å². The van der Waals surface area contributed by atoms with Gasteiger partial charge in [-0.25, -0.2) is 4.98 Å². The molecule has 23 heavy (non-hydrogen) atoms. The second-order valence-electron chi connectivity index (χ2n) is 6.30. The molecule has 2 aromatic rings. The molecular weight excluding hydrogens is 306 g/mol. The number of unbranched alkanes of at least 4 members (excludes halogenated alkanes) is 1. The van der Waals surface area contributed by atoms with Gasteiger partial charge in [-0.2, -0.15) is 0 Å². The first kappa shape index (κ1) is 16.4. The van der Waals surface area contributed by atoms with E-state index in [1.807, 2.05) is 6.07 Å². The number of thiazole rings is 1. The van der Waals surface area contributed by atoms with E-state index in [1.54, 1.807) is 11.3 Å². The molecule has 0 radical (unpaired) electrons. The fraction of sp³-hybridized carbons (Fsp3) is 0.556. The van der Waals surface area contributed by atoms with Crippen LogP contribution in [0.3, 0.4) is 0 Å². The number of fused-ring (bicyclic) bond motifs is 1. The lowest BCUT2D eigenvalue weighted by Gasteiger charge is -2.31. The van der Waals surface area contributed by atoms with E-state index in [2.05, 4.69) is 35.3 Å². The van der Waals surface area contributed by atoms with Gasteiger partial charge < -0.3 is 5.32 Å². The molecule has 1 amide bonds. The van der Waals surface area contributed by atoms with E-state index in [1.165, 1.54) is 16.1 Å². The Balaban J connectivity index is 1.58. The van der Waals surface area contributed by atoms with E-state index >= 15 is 0 Å². The molecule has 1 aliphatic rings. The van der Waals surface area contributed by atoms with Gasteiger partial charge in [-0.3, -0.25) is 9.69 Å². The maximum absolute atomic E-state index is 12.0. The summed E-state index contributed by atoms with van der Waals surface area (Å²) >= 11 is 1.80. The molecule has 1 fully saturated rings. The third-order valence-electron chi connectivity index (χ3n) is 4.38. The average Bonchev–Trinajstić information content (AvgIpc) is 2.99. The predicted molar refractivity (Wildman–Crippen MR) is 96.0 cm³/mol. The molecule has 4 nitrogen and oxygen atoms in total. The van der Waals surface area contributed by atoms with Crippen molar-refractivity contribution in [1.82, 2.24) is 15.2 Å². The Morgan fingerprint density at radius 1 is 1.43 bits per heavy atom. The second-order valence-corrected chi connectivity index (χ2v) is 7.36. The summed E-state index contributed by atoms with van der Waals surface area (Å²) in [7, 11) is 0. The fourth-order valence-electron chi connectivity index (χ4n) is 3.13. The lowest BCUT2D eigenvalue weighted by molar-refractivity contribution is -0.122. The highest BCUT2D eigenvalue weighted by atomic mass is 32.1. The molecule has 0 unspecified atom stereocenters. The summed E-state index contributed by atoms with van der Waals surface area (Å²) in [4.78, 5) is 19.1. The van der Waals surface area contributed by atoms with Gasteiger partial charge in [0, 0.05) is 19.0 Å². The summed E-state index contributed by atoms with van der Waals surface area (Å²) in [5, 5.41) is 4.24. The quantitative estimate of drug-likeness (QED) is 0.825. The highest BCUT2D eigenvalue weighted by Crippen LogP contribution is 2.32. The van der Waals surface area contributed by atoms with Gasteiger partial charge in [0.15, 0.2) is 0 Å². The van der Waals surface area contributed by atoms with Crippen LogP contribution < -0.4 is 5.32 Å². The molecule has 0 spiro atoms. The van der Waals surface area contributed by atoms with E-state index < -0.39 is 0 Å². The number of carbonyl (C=O) groups excluding carboxylic acids is 1. The summed E-state index contributed by atoms with van der Waals surface area (Å²) < 4.78 is 1.26. The Bertz CT molecular complexity index is 622. The number of hydrogen-bond acceptors (Lipinski definition) is 4. The van der Waals surface area contributed by atoms with Gasteiger partial charge in [-0.05, 0) is 37.9 Å². The topological polar surface area (TPSA) is 45.2 Å². The van der Waals surface area contributed by atoms with Gasteiger partial charge in [0.25, 0.3) is 0 Å². The average molecular weight is 331 g/mol. The molecule has 1 aliphatic heterocycles. The van der Waals surface area contributed by atoms with E-state index in [0.717, 1.165) is 44.4 Å². The summed E-state index contributed by atoms with van der Waals surface area (Å²) in [5.74, 6) is 0.619. The zero-order valence-electron chi connectivity index (χ0n) is 13.8. The van der Waals surface area contributed by atoms with E-state index in [9.17, 15) is 4.79 Å². The maximum atomic E-state index is 12.0. The highest BCUT2D eigenvalue weighted by molar-refractivity contribution is 7.18. The number of piperidine rings is 1. The van der Waals surface area contributed by atoms with Crippen LogP contribution in [0.2, 0.25) is 0 Å². The molecule has 3 rings (SSSR count). The van der Waals surface area contributed by atoms with Gasteiger partial charge in [0.1, 0.15) is 0 Å². The van der Waals surface area contributed by atoms with Crippen LogP contribution in [0, 0.1) is 0 Å². The molecule has 1 N–H and O–H groups in total. The van der Waals surface area contributed by atoms with Crippen molar-refractivity contribution in [3.8, 4) is 0 Å². The molecule has 0 saturated carbocycles. The monoisotopic (exact) mass is 331 g/mol. The van der Waals surface area contributed by atoms with Crippen molar-refractivity contribution in [2.75, 3.05) is 26.2 Å². The predicted octanol–water partition coefficient (Wildman–Crippen LogP) is 3.39. The van der Waals surface area contributed by atoms with Gasteiger partial charge in [0.05, 0.1) is 21.8 Å². The van der Waals surface area contributed by atoms with Crippen LogP contribution in [-0.2, 0) is 4.79 Å². The number of carbonyl (C=O) groups is 1. The standard InChI is InChI=1S/C18H25N3OS/c1-2-3-10-19-17(22)13-21-11-6-7-14(12-21)18-20-15-8-4-5-9-16(15)23-18/h4-5,8-9,14H,2-3,6-7,10-13H2,1H3,(H,19,22)/t14-/m1/s1. The number of nitrogens with zero attached hydrogens (tertiary/aromatic N) is 2. The Morgan fingerprint density at radius 3 is 3.13 bits per heavy atom. The van der Waals surface area contributed by atoms with Crippen LogP contribution >= 0.6 is 11.3 Å². The normalized spacial score (nSPS) is 19.1. The number of rotatable bonds is 6. The molecule has 1 aromatic carbocycles. The lowest BCUT2D eigenvalue weighted by atomic mass is 9.99. The highest BCUT2D eigenvalue weighted by Gasteiger charge is 2.25. The van der Waals surface area contributed by atoms with Crippen LogP contribution in [0.4, 0.5) is 0 Å².